The first-order chi connectivity index (χ1) is 18.8. The van der Waals surface area contributed by atoms with Gasteiger partial charge in [-0.25, -0.2) is 12.8 Å². The van der Waals surface area contributed by atoms with E-state index in [4.69, 9.17) is 0 Å². The lowest BCUT2D eigenvalue weighted by Crippen LogP contribution is -2.43. The number of aryl methyl sites for hydroxylation is 1. The van der Waals surface area contributed by atoms with Crippen LogP contribution in [0, 0.1) is 5.82 Å². The van der Waals surface area contributed by atoms with Gasteiger partial charge in [0.25, 0.3) is 0 Å². The van der Waals surface area contributed by atoms with Gasteiger partial charge in [-0.3, -0.25) is 9.59 Å². The maximum atomic E-state index is 13.7. The Bertz CT molecular complexity index is 1360. The third-order valence-electron chi connectivity index (χ3n) is 6.87. The van der Waals surface area contributed by atoms with Crippen LogP contribution in [0.2, 0.25) is 0 Å². The highest BCUT2D eigenvalue weighted by atomic mass is 32.2. The van der Waals surface area contributed by atoms with Gasteiger partial charge in [-0.15, -0.1) is 0 Å². The summed E-state index contributed by atoms with van der Waals surface area (Å²) in [4.78, 5) is 28.7. The van der Waals surface area contributed by atoms with Crippen molar-refractivity contribution in [2.45, 2.75) is 50.1 Å². The molecule has 0 bridgehead atoms. The summed E-state index contributed by atoms with van der Waals surface area (Å²) in [6.45, 7) is 3.43. The van der Waals surface area contributed by atoms with Crippen LogP contribution in [0.4, 0.5) is 4.39 Å². The number of benzene rings is 3. The molecule has 0 aliphatic carbocycles. The van der Waals surface area contributed by atoms with Crippen molar-refractivity contribution >= 4 is 21.8 Å². The van der Waals surface area contributed by atoms with E-state index >= 15 is 0 Å². The fraction of sp³-hybridized carbons (Fsp3) is 0.333. The number of halogens is 1. The number of nitrogens with one attached hydrogen (secondary N) is 1. The Balaban J connectivity index is 1.55. The monoisotopic (exact) mass is 551 g/mol. The fourth-order valence-electron chi connectivity index (χ4n) is 4.79. The minimum atomic E-state index is -3.51. The second-order valence-electron chi connectivity index (χ2n) is 9.61. The van der Waals surface area contributed by atoms with Gasteiger partial charge in [0.05, 0.1) is 4.90 Å². The summed E-state index contributed by atoms with van der Waals surface area (Å²) >= 11 is 0. The molecule has 2 amide bonds. The van der Waals surface area contributed by atoms with Crippen molar-refractivity contribution in [2.24, 2.45) is 0 Å². The molecule has 1 heterocycles. The van der Waals surface area contributed by atoms with Gasteiger partial charge in [-0.2, -0.15) is 4.31 Å². The maximum absolute atomic E-state index is 13.7. The lowest BCUT2D eigenvalue weighted by Gasteiger charge is -2.31. The maximum Gasteiger partial charge on any atom is 0.247 e. The van der Waals surface area contributed by atoms with Crippen LogP contribution < -0.4 is 5.32 Å². The molecule has 206 valence electrons. The van der Waals surface area contributed by atoms with Crippen LogP contribution in [-0.2, 0) is 32.6 Å². The molecular weight excluding hydrogens is 517 g/mol. The third kappa shape index (κ3) is 7.10. The van der Waals surface area contributed by atoms with Crippen LogP contribution in [0.25, 0.3) is 0 Å². The van der Waals surface area contributed by atoms with Crippen LogP contribution >= 0.6 is 0 Å². The first-order valence-electron chi connectivity index (χ1n) is 13.2. The summed E-state index contributed by atoms with van der Waals surface area (Å²) in [5.74, 6) is -0.918. The first-order valence-corrected chi connectivity index (χ1v) is 14.7. The van der Waals surface area contributed by atoms with Crippen molar-refractivity contribution in [1.29, 1.82) is 0 Å². The molecular formula is C30H34FN3O4S. The Labute approximate surface area is 229 Å². The van der Waals surface area contributed by atoms with Gasteiger partial charge in [0.1, 0.15) is 11.9 Å². The standard InChI is InChI=1S/C30H34FN3O4S/c1-2-32-30(36)29(25-8-4-3-5-9-25)34(22-24-10-15-26(31)16-11-24)28(35)19-14-23-12-17-27(18-13-23)39(37,38)33-20-6-7-21-33/h3-5,8-13,15-18,29H,2,6-7,14,19-22H2,1H3,(H,32,36). The van der Waals surface area contributed by atoms with Gasteiger partial charge in [-0.1, -0.05) is 54.6 Å². The largest absolute Gasteiger partial charge is 0.354 e. The van der Waals surface area contributed by atoms with Crippen LogP contribution in [0.1, 0.15) is 48.9 Å². The van der Waals surface area contributed by atoms with Gasteiger partial charge in [0, 0.05) is 32.6 Å². The fourth-order valence-corrected chi connectivity index (χ4v) is 6.31. The minimum absolute atomic E-state index is 0.113. The molecule has 0 aromatic heterocycles. The zero-order valence-corrected chi connectivity index (χ0v) is 22.9. The van der Waals surface area contributed by atoms with Crippen molar-refractivity contribution in [3.8, 4) is 0 Å². The predicted molar refractivity (Wildman–Crippen MR) is 148 cm³/mol. The topological polar surface area (TPSA) is 86.8 Å². The number of carbonyl (C=O) groups is 2. The molecule has 1 fully saturated rings. The van der Waals surface area contributed by atoms with E-state index in [0.717, 1.165) is 18.4 Å². The van der Waals surface area contributed by atoms with Gasteiger partial charge >= 0.3 is 0 Å². The zero-order valence-electron chi connectivity index (χ0n) is 22.1. The van der Waals surface area contributed by atoms with Crippen LogP contribution in [0.15, 0.2) is 83.8 Å². The van der Waals surface area contributed by atoms with E-state index in [1.54, 1.807) is 36.4 Å². The molecule has 4 rings (SSSR count). The van der Waals surface area contributed by atoms with Crippen molar-refractivity contribution in [3.05, 3.63) is 101 Å². The normalized spacial score (nSPS) is 14.6. The Morgan fingerprint density at radius 3 is 2.15 bits per heavy atom. The average Bonchev–Trinajstić information content (AvgIpc) is 3.50. The Morgan fingerprint density at radius 2 is 1.54 bits per heavy atom. The van der Waals surface area contributed by atoms with E-state index < -0.39 is 16.1 Å². The average molecular weight is 552 g/mol. The second kappa shape index (κ2) is 13.0. The SMILES string of the molecule is CCNC(=O)C(c1ccccc1)N(Cc1ccc(F)cc1)C(=O)CCc1ccc(S(=O)(=O)N2CCCC2)cc1. The van der Waals surface area contributed by atoms with E-state index in [-0.39, 0.29) is 35.5 Å². The first kappa shape index (κ1) is 28.4. The second-order valence-corrected chi connectivity index (χ2v) is 11.5. The van der Waals surface area contributed by atoms with Gasteiger partial charge in [0.2, 0.25) is 21.8 Å². The lowest BCUT2D eigenvalue weighted by atomic mass is 10.0. The van der Waals surface area contributed by atoms with Crippen molar-refractivity contribution in [3.63, 3.8) is 0 Å². The zero-order chi connectivity index (χ0) is 27.8. The summed E-state index contributed by atoms with van der Waals surface area (Å²) < 4.78 is 40.7. The smallest absolute Gasteiger partial charge is 0.247 e. The summed E-state index contributed by atoms with van der Waals surface area (Å²) in [5.41, 5.74) is 2.20. The summed E-state index contributed by atoms with van der Waals surface area (Å²) in [5, 5.41) is 2.84. The van der Waals surface area contributed by atoms with Crippen LogP contribution in [0.3, 0.4) is 0 Å². The molecule has 1 saturated heterocycles. The molecule has 3 aromatic carbocycles. The molecule has 1 aliphatic heterocycles. The molecule has 1 unspecified atom stereocenters. The molecule has 0 radical (unpaired) electrons. The summed E-state index contributed by atoms with van der Waals surface area (Å²) in [6, 6.07) is 20.8. The number of hydrogen-bond donors (Lipinski definition) is 1. The van der Waals surface area contributed by atoms with Gasteiger partial charge < -0.3 is 10.2 Å². The molecule has 0 saturated carbocycles. The molecule has 7 nitrogen and oxygen atoms in total. The molecule has 3 aromatic rings. The number of amides is 2. The van der Waals surface area contributed by atoms with Gasteiger partial charge in [0.15, 0.2) is 0 Å². The quantitative estimate of drug-likeness (QED) is 0.382. The van der Waals surface area contributed by atoms with Crippen molar-refractivity contribution in [1.82, 2.24) is 14.5 Å². The molecule has 39 heavy (non-hydrogen) atoms. The number of nitrogens with zero attached hydrogens (tertiary/aromatic N) is 2. The molecule has 1 aliphatic rings. The summed E-state index contributed by atoms with van der Waals surface area (Å²) in [6.07, 6.45) is 2.23. The van der Waals surface area contributed by atoms with E-state index in [9.17, 15) is 22.4 Å². The number of sulfonamides is 1. The van der Waals surface area contributed by atoms with E-state index in [1.165, 1.54) is 21.3 Å². The Hall–Kier alpha value is -3.56. The molecule has 9 heteroatoms. The van der Waals surface area contributed by atoms with Crippen molar-refractivity contribution < 1.29 is 22.4 Å². The highest BCUT2D eigenvalue weighted by molar-refractivity contribution is 7.89. The van der Waals surface area contributed by atoms with E-state index in [1.807, 2.05) is 37.3 Å². The highest BCUT2D eigenvalue weighted by Gasteiger charge is 2.31. The van der Waals surface area contributed by atoms with E-state index in [2.05, 4.69) is 5.32 Å². The predicted octanol–water partition coefficient (Wildman–Crippen LogP) is 4.45. The Kier molecular flexibility index (Phi) is 9.48. The van der Waals surface area contributed by atoms with Gasteiger partial charge in [-0.05, 0) is 67.1 Å². The lowest BCUT2D eigenvalue weighted by molar-refractivity contribution is -0.141. The number of hydrogen-bond acceptors (Lipinski definition) is 4. The Morgan fingerprint density at radius 1 is 0.923 bits per heavy atom. The molecule has 1 N–H and O–H groups in total. The minimum Gasteiger partial charge on any atom is -0.354 e. The molecule has 1 atom stereocenters. The third-order valence-corrected chi connectivity index (χ3v) is 8.78. The van der Waals surface area contributed by atoms with E-state index in [0.29, 0.717) is 37.2 Å². The summed E-state index contributed by atoms with van der Waals surface area (Å²) in [7, 11) is -3.51. The van der Waals surface area contributed by atoms with Crippen LogP contribution in [0.5, 0.6) is 0 Å². The number of carbonyl (C=O) groups excluding carboxylic acids is 2. The number of rotatable bonds is 11. The van der Waals surface area contributed by atoms with Crippen molar-refractivity contribution in [2.75, 3.05) is 19.6 Å². The number of likely N-dealkylation sites (N-methyl/N-ethyl adjacent to an activating group) is 1. The molecule has 0 spiro atoms. The van der Waals surface area contributed by atoms with Crippen LogP contribution in [-0.4, -0.2) is 49.1 Å². The highest BCUT2D eigenvalue weighted by Crippen LogP contribution is 2.26.